The molecule has 17 heteroatoms. The summed E-state index contributed by atoms with van der Waals surface area (Å²) in [4.78, 5) is 60.1. The third-order valence-electron chi connectivity index (χ3n) is 14.4. The number of imidazole rings is 2. The molecular formula is C57H63N13O4. The van der Waals surface area contributed by atoms with E-state index in [2.05, 4.69) is 54.4 Å². The minimum absolute atomic E-state index is 0. The summed E-state index contributed by atoms with van der Waals surface area (Å²) in [5.74, 6) is 0. The van der Waals surface area contributed by atoms with Crippen LogP contribution in [-0.2, 0) is 32.9 Å². The quantitative estimate of drug-likeness (QED) is 0.156. The molecule has 380 valence electrons. The van der Waals surface area contributed by atoms with E-state index in [-0.39, 0.29) is 37.0 Å². The zero-order valence-corrected chi connectivity index (χ0v) is 42.4. The number of aromatic nitrogens is 12. The van der Waals surface area contributed by atoms with Gasteiger partial charge in [0.25, 0.3) is 0 Å². The molecule has 1 saturated carbocycles. The van der Waals surface area contributed by atoms with Crippen molar-refractivity contribution < 1.29 is 9.53 Å². The maximum absolute atomic E-state index is 13.6. The van der Waals surface area contributed by atoms with Gasteiger partial charge in [0.2, 0.25) is 0 Å². The summed E-state index contributed by atoms with van der Waals surface area (Å²) in [7, 11) is 7.40. The molecule has 1 aliphatic carbocycles. The Hall–Kier alpha value is -8.21. The molecule has 2 aliphatic rings. The second kappa shape index (κ2) is 19.7. The Morgan fingerprint density at radius 1 is 0.554 bits per heavy atom. The number of hydrogen-bond acceptors (Lipinski definition) is 10. The highest BCUT2D eigenvalue weighted by Gasteiger charge is 2.31. The van der Waals surface area contributed by atoms with Crippen LogP contribution >= 0.6 is 0 Å². The molecule has 1 atom stereocenters. The van der Waals surface area contributed by atoms with Crippen molar-refractivity contribution in [2.75, 3.05) is 13.1 Å². The lowest BCUT2D eigenvalue weighted by molar-refractivity contribution is 0.0173. The Morgan fingerprint density at radius 2 is 1.03 bits per heavy atom. The van der Waals surface area contributed by atoms with E-state index in [9.17, 15) is 14.4 Å². The van der Waals surface area contributed by atoms with Crippen LogP contribution < -0.4 is 11.4 Å². The first kappa shape index (κ1) is 49.4. The summed E-state index contributed by atoms with van der Waals surface area (Å²) >= 11 is 0. The van der Waals surface area contributed by atoms with Gasteiger partial charge < -0.3 is 9.64 Å². The number of benzene rings is 2. The van der Waals surface area contributed by atoms with E-state index >= 15 is 0 Å². The maximum atomic E-state index is 13.6. The number of ether oxygens (including phenoxy) is 1. The van der Waals surface area contributed by atoms with Crippen molar-refractivity contribution in [3.63, 3.8) is 0 Å². The van der Waals surface area contributed by atoms with Crippen LogP contribution in [0.4, 0.5) is 4.79 Å². The number of likely N-dealkylation sites (tertiary alicyclic amines) is 1. The van der Waals surface area contributed by atoms with Gasteiger partial charge >= 0.3 is 17.5 Å². The number of rotatable bonds is 6. The predicted octanol–water partition coefficient (Wildman–Crippen LogP) is 10.4. The van der Waals surface area contributed by atoms with Crippen molar-refractivity contribution in [2.45, 2.75) is 90.8 Å². The van der Waals surface area contributed by atoms with Crippen molar-refractivity contribution in [2.24, 2.45) is 28.2 Å². The molecule has 1 aliphatic heterocycles. The molecule has 17 nitrogen and oxygen atoms in total. The van der Waals surface area contributed by atoms with Gasteiger partial charge in [0.05, 0.1) is 75.3 Å². The minimum Gasteiger partial charge on any atom is -0.444 e. The number of pyridine rings is 4. The zero-order chi connectivity index (χ0) is 50.7. The second-order valence-corrected chi connectivity index (χ2v) is 20.6. The summed E-state index contributed by atoms with van der Waals surface area (Å²) in [6.45, 7) is 6.61. The fourth-order valence-electron chi connectivity index (χ4n) is 10.7. The van der Waals surface area contributed by atoms with E-state index in [0.717, 1.165) is 114 Å². The maximum Gasteiger partial charge on any atom is 0.410 e. The van der Waals surface area contributed by atoms with E-state index < -0.39 is 5.60 Å². The highest BCUT2D eigenvalue weighted by molar-refractivity contribution is 6.05. The Balaban J connectivity index is 0.000000170. The van der Waals surface area contributed by atoms with Crippen LogP contribution in [0, 0.1) is 0 Å². The van der Waals surface area contributed by atoms with Gasteiger partial charge in [-0.15, -0.1) is 0 Å². The number of amides is 1. The minimum atomic E-state index is -0.580. The van der Waals surface area contributed by atoms with Crippen molar-refractivity contribution in [3.8, 4) is 44.8 Å². The van der Waals surface area contributed by atoms with E-state index in [0.29, 0.717) is 13.1 Å². The van der Waals surface area contributed by atoms with Gasteiger partial charge in [0.15, 0.2) is 0 Å². The van der Waals surface area contributed by atoms with E-state index in [1.165, 1.54) is 19.3 Å². The molecule has 0 bridgehead atoms. The number of piperidine rings is 1. The first-order valence-electron chi connectivity index (χ1n) is 25.1. The van der Waals surface area contributed by atoms with Gasteiger partial charge in [0.1, 0.15) is 5.60 Å². The zero-order valence-electron chi connectivity index (χ0n) is 42.4. The molecule has 74 heavy (non-hydrogen) atoms. The normalized spacial score (nSPS) is 15.4. The van der Waals surface area contributed by atoms with Crippen LogP contribution in [0.25, 0.3) is 88.6 Å². The van der Waals surface area contributed by atoms with Gasteiger partial charge in [-0.3, -0.25) is 47.6 Å². The Morgan fingerprint density at radius 3 is 1.47 bits per heavy atom. The Labute approximate surface area is 428 Å². The molecule has 10 aromatic rings. The molecule has 2 fully saturated rings. The molecule has 1 unspecified atom stereocenters. The van der Waals surface area contributed by atoms with Crippen LogP contribution in [0.5, 0.6) is 0 Å². The highest BCUT2D eigenvalue weighted by Crippen LogP contribution is 2.36. The summed E-state index contributed by atoms with van der Waals surface area (Å²) in [6, 6.07) is 20.6. The van der Waals surface area contributed by atoms with Gasteiger partial charge in [-0.25, -0.2) is 14.4 Å². The van der Waals surface area contributed by atoms with Crippen molar-refractivity contribution in [1.82, 2.24) is 62.7 Å². The highest BCUT2D eigenvalue weighted by atomic mass is 16.6. The molecule has 8 aromatic heterocycles. The summed E-state index contributed by atoms with van der Waals surface area (Å²) in [5.41, 5.74) is 12.3. The average molecular weight is 994 g/mol. The molecule has 9 heterocycles. The molecule has 0 spiro atoms. The summed E-state index contributed by atoms with van der Waals surface area (Å²) < 4.78 is 16.4. The van der Waals surface area contributed by atoms with Crippen molar-refractivity contribution >= 4 is 50.0 Å². The topological polar surface area (TPSA) is 171 Å². The third kappa shape index (κ3) is 9.26. The largest absolute Gasteiger partial charge is 0.444 e. The smallest absolute Gasteiger partial charge is 0.410 e. The van der Waals surface area contributed by atoms with E-state index in [4.69, 9.17) is 4.74 Å². The number of carbonyl (C=O) groups excluding carboxylic acids is 1. The molecule has 1 saturated heterocycles. The van der Waals surface area contributed by atoms with Crippen LogP contribution in [0.15, 0.2) is 120 Å². The van der Waals surface area contributed by atoms with Crippen molar-refractivity contribution in [1.29, 1.82) is 0 Å². The van der Waals surface area contributed by atoms with Gasteiger partial charge in [-0.2, -0.15) is 10.2 Å². The lowest BCUT2D eigenvalue weighted by Gasteiger charge is -2.34. The lowest BCUT2D eigenvalue weighted by atomic mass is 9.95. The lowest BCUT2D eigenvalue weighted by Crippen LogP contribution is -2.45. The van der Waals surface area contributed by atoms with Crippen molar-refractivity contribution in [3.05, 3.63) is 131 Å². The van der Waals surface area contributed by atoms with Crippen LogP contribution in [-0.4, -0.2) is 87.4 Å². The van der Waals surface area contributed by atoms with E-state index in [1.54, 1.807) is 42.8 Å². The number of fused-ring (bicyclic) bond motifs is 6. The third-order valence-corrected chi connectivity index (χ3v) is 14.4. The number of carbonyl (C=O) groups is 1. The predicted molar refractivity (Wildman–Crippen MR) is 291 cm³/mol. The Kier molecular flexibility index (Phi) is 13.1. The SMILES string of the molecule is C.Cn1cc(-c2ccc(-c3ccc4ncc5c(c4c3)n(C3CCCCC3)c(=O)n5C)cn2)cn1.Cn1cc(-c2ccc(-c3ccc4ncc5c(c4c3)n(C3CCCN(C(=O)OC(C)(C)C)C3)c(=O)n5C)cn2)cn1. The number of hydrogen-bond donors (Lipinski definition) is 0. The second-order valence-electron chi connectivity index (χ2n) is 20.6. The molecule has 1 amide bonds. The molecule has 12 rings (SSSR count). The summed E-state index contributed by atoms with van der Waals surface area (Å²) in [5, 5.41) is 10.4. The van der Waals surface area contributed by atoms with Crippen LogP contribution in [0.2, 0.25) is 0 Å². The Bertz CT molecular complexity index is 3820. The number of nitrogens with zero attached hydrogens (tertiary/aromatic N) is 13. The number of aryl methyl sites for hydroxylation is 4. The van der Waals surface area contributed by atoms with Gasteiger partial charge in [-0.1, -0.05) is 51.0 Å². The van der Waals surface area contributed by atoms with Crippen LogP contribution in [0.3, 0.4) is 0 Å². The molecule has 0 N–H and O–H groups in total. The van der Waals surface area contributed by atoms with Gasteiger partial charge in [-0.05, 0) is 94.0 Å². The van der Waals surface area contributed by atoms with Gasteiger partial charge in [0, 0.05) is 105 Å². The molecular weight excluding hydrogens is 931 g/mol. The first-order valence-corrected chi connectivity index (χ1v) is 25.1. The molecule has 0 radical (unpaired) electrons. The molecule has 2 aromatic carbocycles. The van der Waals surface area contributed by atoms with Crippen LogP contribution in [0.1, 0.15) is 85.2 Å². The monoisotopic (exact) mass is 994 g/mol. The first-order chi connectivity index (χ1) is 35.2. The fraction of sp³-hybridized carbons (Fsp3) is 0.351. The van der Waals surface area contributed by atoms with E-state index in [1.807, 2.05) is 125 Å². The standard InChI is InChI=1S/C30H33N7O3.C26H26N6O.CH4/c1-30(2,3)40-29(39)36-12-6-7-22(18-36)37-27-23-13-19(8-11-25(23)32-16-26(27)35(5)28(37)38)20-9-10-24(31-14-20)21-15-33-34(4)17-21;1-30-16-19(14-29-30)22-10-9-18(13-27-22)17-8-11-23-21(12-17)25-24(15-28-23)31(2)26(33)32(25)20-6-4-3-5-7-20;/h8-11,13-17,22H,6-7,12,18H2,1-5H3;8-16,20H,3-7H2,1-2H3;1H4. The summed E-state index contributed by atoms with van der Waals surface area (Å²) in [6.07, 6.45) is 21.8. The average Bonchev–Trinajstić information content (AvgIpc) is 4.17. The fourth-order valence-corrected chi connectivity index (χ4v) is 10.7.